The number of halogens is 1. The quantitative estimate of drug-likeness (QED) is 0.933. The molecule has 3 rings (SSSR count). The van der Waals surface area contributed by atoms with Gasteiger partial charge in [0, 0.05) is 20.1 Å². The Morgan fingerprint density at radius 1 is 1.43 bits per heavy atom. The van der Waals surface area contributed by atoms with Crippen molar-refractivity contribution in [2.75, 3.05) is 25.5 Å². The first kappa shape index (κ1) is 15.9. The van der Waals surface area contributed by atoms with Crippen molar-refractivity contribution in [1.29, 1.82) is 0 Å². The van der Waals surface area contributed by atoms with E-state index >= 15 is 0 Å². The van der Waals surface area contributed by atoms with Gasteiger partial charge in [-0.25, -0.2) is 4.39 Å². The first-order chi connectivity index (χ1) is 11.1. The van der Waals surface area contributed by atoms with Crippen molar-refractivity contribution < 1.29 is 9.18 Å². The molecular weight excluding hydrogens is 313 g/mol. The predicted octanol–water partition coefficient (Wildman–Crippen LogP) is 3.34. The molecule has 0 spiro atoms. The van der Waals surface area contributed by atoms with Crippen LogP contribution < -0.4 is 5.32 Å². The summed E-state index contributed by atoms with van der Waals surface area (Å²) in [6, 6.07) is 6.64. The smallest absolute Gasteiger partial charge is 0.258 e. The Morgan fingerprint density at radius 3 is 2.87 bits per heavy atom. The van der Waals surface area contributed by atoms with Crippen LogP contribution in [0.1, 0.15) is 28.0 Å². The van der Waals surface area contributed by atoms with Crippen molar-refractivity contribution in [3.63, 3.8) is 0 Å². The van der Waals surface area contributed by atoms with Crippen LogP contribution in [-0.2, 0) is 6.42 Å². The highest BCUT2D eigenvalue weighted by atomic mass is 32.1. The highest BCUT2D eigenvalue weighted by Gasteiger charge is 2.30. The number of anilines is 1. The van der Waals surface area contributed by atoms with Gasteiger partial charge in [0.05, 0.1) is 11.3 Å². The second kappa shape index (κ2) is 6.66. The van der Waals surface area contributed by atoms with Gasteiger partial charge in [0.25, 0.3) is 5.91 Å². The van der Waals surface area contributed by atoms with E-state index in [1.54, 1.807) is 0 Å². The molecule has 0 radical (unpaired) electrons. The molecule has 0 saturated carbocycles. The Morgan fingerprint density at radius 2 is 2.17 bits per heavy atom. The van der Waals surface area contributed by atoms with Crippen LogP contribution in [0.3, 0.4) is 0 Å². The van der Waals surface area contributed by atoms with Crippen LogP contribution in [0.5, 0.6) is 0 Å². The summed E-state index contributed by atoms with van der Waals surface area (Å²) in [5.41, 5.74) is 2.60. The predicted molar refractivity (Wildman–Crippen MR) is 90.5 cm³/mol. The van der Waals surface area contributed by atoms with Crippen LogP contribution in [0.2, 0.25) is 0 Å². The fourth-order valence-electron chi connectivity index (χ4n) is 3.09. The third kappa shape index (κ3) is 3.37. The summed E-state index contributed by atoms with van der Waals surface area (Å²) in [6.45, 7) is 3.38. The first-order valence-electron chi connectivity index (χ1n) is 7.76. The summed E-state index contributed by atoms with van der Waals surface area (Å²) < 4.78 is 17.2. The number of aromatic nitrogens is 1. The minimum absolute atomic E-state index is 0.0576. The molecule has 1 aliphatic heterocycles. The molecule has 1 fully saturated rings. The SMILES string of the molecule is CNc1snc(C)c1C(=O)N1CCC(Cc2ccc(F)cc2)C1. The van der Waals surface area contributed by atoms with E-state index in [2.05, 4.69) is 9.69 Å². The van der Waals surface area contributed by atoms with Gasteiger partial charge < -0.3 is 10.2 Å². The number of carbonyl (C=O) groups excluding carboxylic acids is 1. The van der Waals surface area contributed by atoms with Gasteiger partial charge in [0.2, 0.25) is 0 Å². The van der Waals surface area contributed by atoms with Crippen LogP contribution in [-0.4, -0.2) is 35.3 Å². The van der Waals surface area contributed by atoms with Gasteiger partial charge in [0.1, 0.15) is 10.8 Å². The highest BCUT2D eigenvalue weighted by molar-refractivity contribution is 7.10. The third-order valence-electron chi connectivity index (χ3n) is 4.31. The maximum atomic E-state index is 13.0. The lowest BCUT2D eigenvalue weighted by molar-refractivity contribution is 0.0787. The van der Waals surface area contributed by atoms with Crippen molar-refractivity contribution in [3.05, 3.63) is 46.9 Å². The molecule has 1 amide bonds. The monoisotopic (exact) mass is 333 g/mol. The number of amides is 1. The second-order valence-corrected chi connectivity index (χ2v) is 6.73. The summed E-state index contributed by atoms with van der Waals surface area (Å²) in [5, 5.41) is 3.88. The molecule has 23 heavy (non-hydrogen) atoms. The van der Waals surface area contributed by atoms with E-state index < -0.39 is 0 Å². The number of likely N-dealkylation sites (tertiary alicyclic amines) is 1. The van der Waals surface area contributed by atoms with Crippen molar-refractivity contribution >= 4 is 22.4 Å². The van der Waals surface area contributed by atoms with E-state index in [-0.39, 0.29) is 11.7 Å². The molecule has 1 saturated heterocycles. The largest absolute Gasteiger partial charge is 0.378 e. The van der Waals surface area contributed by atoms with Crippen molar-refractivity contribution in [3.8, 4) is 0 Å². The normalized spacial score (nSPS) is 17.5. The standard InChI is InChI=1S/C17H20FN3OS/c1-11-15(16(19-2)23-20-11)17(22)21-8-7-13(10-21)9-12-3-5-14(18)6-4-12/h3-6,13,19H,7-10H2,1-2H3. The number of rotatable bonds is 4. The van der Waals surface area contributed by atoms with Crippen LogP contribution in [0.15, 0.2) is 24.3 Å². The molecule has 1 aromatic carbocycles. The molecule has 0 bridgehead atoms. The van der Waals surface area contributed by atoms with Crippen molar-refractivity contribution in [2.45, 2.75) is 19.8 Å². The summed E-state index contributed by atoms with van der Waals surface area (Å²) in [6.07, 6.45) is 1.86. The van der Waals surface area contributed by atoms with E-state index in [1.807, 2.05) is 31.0 Å². The minimum atomic E-state index is -0.211. The fourth-order valence-corrected chi connectivity index (χ4v) is 3.82. The topological polar surface area (TPSA) is 45.2 Å². The number of hydrogen-bond donors (Lipinski definition) is 1. The maximum absolute atomic E-state index is 13.0. The Kier molecular flexibility index (Phi) is 4.61. The lowest BCUT2D eigenvalue weighted by Gasteiger charge is -2.17. The molecule has 122 valence electrons. The average Bonchev–Trinajstić information content (AvgIpc) is 3.15. The minimum Gasteiger partial charge on any atom is -0.378 e. The second-order valence-electron chi connectivity index (χ2n) is 5.96. The van der Waals surface area contributed by atoms with E-state index in [9.17, 15) is 9.18 Å². The van der Waals surface area contributed by atoms with Gasteiger partial charge in [-0.2, -0.15) is 4.37 Å². The number of hydrogen-bond acceptors (Lipinski definition) is 4. The fraction of sp³-hybridized carbons (Fsp3) is 0.412. The van der Waals surface area contributed by atoms with Crippen LogP contribution >= 0.6 is 11.5 Å². The van der Waals surface area contributed by atoms with Crippen molar-refractivity contribution in [1.82, 2.24) is 9.27 Å². The average molecular weight is 333 g/mol. The molecular formula is C17H20FN3OS. The van der Waals surface area contributed by atoms with Gasteiger partial charge in [-0.05, 0) is 54.9 Å². The Balaban J connectivity index is 1.66. The maximum Gasteiger partial charge on any atom is 0.258 e. The summed E-state index contributed by atoms with van der Waals surface area (Å²) >= 11 is 1.32. The third-order valence-corrected chi connectivity index (χ3v) is 5.27. The van der Waals surface area contributed by atoms with Gasteiger partial charge >= 0.3 is 0 Å². The zero-order valence-electron chi connectivity index (χ0n) is 13.3. The Labute approximate surface area is 139 Å². The molecule has 6 heteroatoms. The number of aryl methyl sites for hydroxylation is 1. The number of nitrogens with one attached hydrogen (secondary N) is 1. The lowest BCUT2D eigenvalue weighted by atomic mass is 9.99. The van der Waals surface area contributed by atoms with Crippen molar-refractivity contribution in [2.24, 2.45) is 5.92 Å². The molecule has 1 N–H and O–H groups in total. The van der Waals surface area contributed by atoms with Gasteiger partial charge in [-0.3, -0.25) is 4.79 Å². The summed E-state index contributed by atoms with van der Waals surface area (Å²) in [5.74, 6) is 0.272. The highest BCUT2D eigenvalue weighted by Crippen LogP contribution is 2.28. The van der Waals surface area contributed by atoms with E-state index in [1.165, 1.54) is 23.7 Å². The first-order valence-corrected chi connectivity index (χ1v) is 8.53. The van der Waals surface area contributed by atoms with Crippen LogP contribution in [0.25, 0.3) is 0 Å². The zero-order valence-corrected chi connectivity index (χ0v) is 14.1. The zero-order chi connectivity index (χ0) is 16.4. The molecule has 4 nitrogen and oxygen atoms in total. The van der Waals surface area contributed by atoms with E-state index in [0.717, 1.165) is 42.2 Å². The summed E-state index contributed by atoms with van der Waals surface area (Å²) in [4.78, 5) is 14.7. The molecule has 1 aromatic heterocycles. The van der Waals surface area contributed by atoms with Crippen LogP contribution in [0, 0.1) is 18.7 Å². The number of carbonyl (C=O) groups is 1. The Bertz CT molecular complexity index is 698. The van der Waals surface area contributed by atoms with Crippen LogP contribution in [0.4, 0.5) is 9.39 Å². The number of benzene rings is 1. The van der Waals surface area contributed by atoms with Gasteiger partial charge in [0.15, 0.2) is 0 Å². The van der Waals surface area contributed by atoms with Gasteiger partial charge in [-0.1, -0.05) is 12.1 Å². The molecule has 1 aliphatic rings. The molecule has 2 aromatic rings. The molecule has 0 aliphatic carbocycles. The molecule has 1 unspecified atom stereocenters. The molecule has 1 atom stereocenters. The lowest BCUT2D eigenvalue weighted by Crippen LogP contribution is -2.29. The number of nitrogens with zero attached hydrogens (tertiary/aromatic N) is 2. The molecule has 2 heterocycles. The Hall–Kier alpha value is -1.95. The van der Waals surface area contributed by atoms with Gasteiger partial charge in [-0.15, -0.1) is 0 Å². The van der Waals surface area contributed by atoms with E-state index in [4.69, 9.17) is 0 Å². The summed E-state index contributed by atoms with van der Waals surface area (Å²) in [7, 11) is 1.81. The van der Waals surface area contributed by atoms with E-state index in [0.29, 0.717) is 11.5 Å².